The van der Waals surface area contributed by atoms with Crippen molar-refractivity contribution in [3.05, 3.63) is 62.7 Å². The number of halogens is 1. The second kappa shape index (κ2) is 13.7. The highest BCUT2D eigenvalue weighted by molar-refractivity contribution is 14.1. The molecule has 0 aliphatic carbocycles. The number of nitrogens with zero attached hydrogens (tertiary/aromatic N) is 1. The second-order valence-corrected chi connectivity index (χ2v) is 10.4. The number of aliphatic carboxylic acids is 1. The van der Waals surface area contributed by atoms with Crippen molar-refractivity contribution in [1.29, 1.82) is 0 Å². The summed E-state index contributed by atoms with van der Waals surface area (Å²) < 4.78 is 6.01. The molecule has 2 aromatic carbocycles. The van der Waals surface area contributed by atoms with Crippen LogP contribution in [-0.4, -0.2) is 71.0 Å². The van der Waals surface area contributed by atoms with Gasteiger partial charge in [0.25, 0.3) is 5.91 Å². The number of Topliss-reactive ketones (excluding diaryl/α,β-unsaturated/α-hetero) is 1. The van der Waals surface area contributed by atoms with Gasteiger partial charge in [0.2, 0.25) is 5.91 Å². The molecule has 0 saturated heterocycles. The lowest BCUT2D eigenvalue weighted by Gasteiger charge is -2.29. The molecule has 0 radical (unpaired) electrons. The van der Waals surface area contributed by atoms with Crippen LogP contribution in [0.2, 0.25) is 0 Å². The average molecular weight is 637 g/mol. The Balaban J connectivity index is 1.65. The minimum Gasteiger partial charge on any atom is -0.496 e. The Morgan fingerprint density at radius 3 is 2.39 bits per heavy atom. The number of carboxylic acids is 1. The van der Waals surface area contributed by atoms with Crippen LogP contribution in [0.1, 0.15) is 42.6 Å². The molecule has 10 nitrogen and oxygen atoms in total. The summed E-state index contributed by atoms with van der Waals surface area (Å²) in [6, 6.07) is 10.6. The maximum absolute atomic E-state index is 13.1. The number of ether oxygens (including phenoxy) is 1. The highest BCUT2D eigenvalue weighted by Gasteiger charge is 2.31. The number of amides is 2. The lowest BCUT2D eigenvalue weighted by molar-refractivity contribution is -0.141. The predicted molar refractivity (Wildman–Crippen MR) is 148 cm³/mol. The van der Waals surface area contributed by atoms with E-state index in [0.717, 1.165) is 15.6 Å². The predicted octanol–water partition coefficient (Wildman–Crippen LogP) is 1.81. The van der Waals surface area contributed by atoms with E-state index in [1.807, 2.05) is 51.8 Å². The minimum atomic E-state index is -1.60. The summed E-state index contributed by atoms with van der Waals surface area (Å²) in [6.45, 7) is 2.84. The normalized spacial score (nSPS) is 15.5. The number of benzene rings is 2. The maximum Gasteiger partial charge on any atom is 0.305 e. The number of carboxylic acid groups (broad SMARTS) is 1. The number of hydrogen-bond acceptors (Lipinski definition) is 7. The van der Waals surface area contributed by atoms with E-state index in [1.54, 1.807) is 25.1 Å². The standard InChI is InChI=1S/C27H32IN3O7/c1-3-20(29-27(37)25(35)19-12-18(28)8-9-23(19)38-2)26(36)30-21(13-24(33)34)22(32)15-31-11-10-16-6-4-5-7-17(16)14-31/h4-9,12,20-21,25,35H,3,10-11,13-15H2,1-2H3,(H,29,37)(H,30,36)(H,33,34)/t20-,21?,25+/m0/s1. The topological polar surface area (TPSA) is 145 Å². The number of ketones is 1. The number of nitrogens with one attached hydrogen (secondary N) is 2. The fraction of sp³-hybridized carbons (Fsp3) is 0.407. The van der Waals surface area contributed by atoms with Gasteiger partial charge in [-0.3, -0.25) is 24.1 Å². The molecule has 3 rings (SSSR count). The lowest BCUT2D eigenvalue weighted by Crippen LogP contribution is -2.54. The zero-order chi connectivity index (χ0) is 27.8. The fourth-order valence-corrected chi connectivity index (χ4v) is 4.89. The summed E-state index contributed by atoms with van der Waals surface area (Å²) >= 11 is 2.04. The molecule has 1 aliphatic heterocycles. The number of carbonyl (C=O) groups excluding carboxylic acids is 3. The van der Waals surface area contributed by atoms with Crippen molar-refractivity contribution in [2.75, 3.05) is 20.2 Å². The van der Waals surface area contributed by atoms with Crippen molar-refractivity contribution in [2.24, 2.45) is 0 Å². The van der Waals surface area contributed by atoms with Gasteiger partial charge >= 0.3 is 5.97 Å². The van der Waals surface area contributed by atoms with Gasteiger partial charge in [0.05, 0.1) is 26.1 Å². The highest BCUT2D eigenvalue weighted by Crippen LogP contribution is 2.27. The molecular formula is C27H32IN3O7. The monoisotopic (exact) mass is 637 g/mol. The van der Waals surface area contributed by atoms with E-state index in [1.165, 1.54) is 12.7 Å². The van der Waals surface area contributed by atoms with E-state index in [4.69, 9.17) is 4.74 Å². The molecule has 204 valence electrons. The van der Waals surface area contributed by atoms with Gasteiger partial charge in [0, 0.05) is 22.2 Å². The number of hydrogen-bond donors (Lipinski definition) is 4. The van der Waals surface area contributed by atoms with E-state index in [9.17, 15) is 29.4 Å². The zero-order valence-electron chi connectivity index (χ0n) is 21.3. The van der Waals surface area contributed by atoms with Crippen molar-refractivity contribution in [3.8, 4) is 5.75 Å². The number of methoxy groups -OCH3 is 1. The Kier molecular flexibility index (Phi) is 10.6. The Morgan fingerprint density at radius 1 is 1.05 bits per heavy atom. The molecule has 11 heteroatoms. The van der Waals surface area contributed by atoms with E-state index >= 15 is 0 Å². The van der Waals surface area contributed by atoms with Gasteiger partial charge in [0.1, 0.15) is 11.8 Å². The molecule has 1 aliphatic rings. The number of fused-ring (bicyclic) bond motifs is 1. The van der Waals surface area contributed by atoms with Crippen molar-refractivity contribution < 1.29 is 34.1 Å². The molecule has 0 bridgehead atoms. The van der Waals surface area contributed by atoms with Gasteiger partial charge in [-0.2, -0.15) is 0 Å². The molecule has 4 N–H and O–H groups in total. The summed E-state index contributed by atoms with van der Waals surface area (Å²) in [4.78, 5) is 52.3. The maximum atomic E-state index is 13.1. The molecule has 0 spiro atoms. The second-order valence-electron chi connectivity index (χ2n) is 9.11. The first kappa shape index (κ1) is 29.5. The molecule has 0 fully saturated rings. The Hall–Kier alpha value is -3.03. The average Bonchev–Trinajstić information content (AvgIpc) is 2.90. The Bertz CT molecular complexity index is 1190. The Morgan fingerprint density at radius 2 is 1.74 bits per heavy atom. The van der Waals surface area contributed by atoms with Crippen LogP contribution in [0.15, 0.2) is 42.5 Å². The van der Waals surface area contributed by atoms with Gasteiger partial charge < -0.3 is 25.6 Å². The molecule has 38 heavy (non-hydrogen) atoms. The molecule has 1 unspecified atom stereocenters. The van der Waals surface area contributed by atoms with Gasteiger partial charge in [-0.1, -0.05) is 31.2 Å². The summed E-state index contributed by atoms with van der Waals surface area (Å²) in [7, 11) is 1.42. The summed E-state index contributed by atoms with van der Waals surface area (Å²) in [5.74, 6) is -2.86. The fourth-order valence-electron chi connectivity index (χ4n) is 4.38. The van der Waals surface area contributed by atoms with Gasteiger partial charge in [-0.25, -0.2) is 0 Å². The van der Waals surface area contributed by atoms with Crippen molar-refractivity contribution in [3.63, 3.8) is 0 Å². The van der Waals surface area contributed by atoms with Crippen LogP contribution >= 0.6 is 22.6 Å². The third-order valence-corrected chi connectivity index (χ3v) is 7.12. The van der Waals surface area contributed by atoms with Crippen LogP contribution in [0.4, 0.5) is 0 Å². The number of carbonyl (C=O) groups is 4. The van der Waals surface area contributed by atoms with E-state index in [-0.39, 0.29) is 18.5 Å². The number of aliphatic hydroxyl groups excluding tert-OH is 1. The SMILES string of the molecule is CC[C@H](NC(=O)[C@H](O)c1cc(I)ccc1OC)C(=O)NC(CC(=O)O)C(=O)CN1CCc2ccccc2C1. The summed E-state index contributed by atoms with van der Waals surface area (Å²) in [6.07, 6.45) is -1.25. The van der Waals surface area contributed by atoms with Gasteiger partial charge in [0.15, 0.2) is 11.9 Å². The van der Waals surface area contributed by atoms with E-state index in [0.29, 0.717) is 18.8 Å². The Labute approximate surface area is 234 Å². The van der Waals surface area contributed by atoms with Crippen LogP contribution in [0, 0.1) is 3.57 Å². The van der Waals surface area contributed by atoms with Crippen LogP contribution in [0.3, 0.4) is 0 Å². The third kappa shape index (κ3) is 7.74. The van der Waals surface area contributed by atoms with Crippen LogP contribution in [-0.2, 0) is 32.1 Å². The van der Waals surface area contributed by atoms with E-state index in [2.05, 4.69) is 10.6 Å². The largest absolute Gasteiger partial charge is 0.496 e. The van der Waals surface area contributed by atoms with Gasteiger partial charge in [-0.05, 0) is 64.8 Å². The van der Waals surface area contributed by atoms with Crippen molar-refractivity contribution in [2.45, 2.75) is 50.9 Å². The smallest absolute Gasteiger partial charge is 0.305 e. The lowest BCUT2D eigenvalue weighted by atomic mass is 9.99. The number of rotatable bonds is 12. The molecule has 0 saturated carbocycles. The quantitative estimate of drug-likeness (QED) is 0.258. The molecule has 3 atom stereocenters. The first-order valence-electron chi connectivity index (χ1n) is 12.3. The van der Waals surface area contributed by atoms with Crippen molar-refractivity contribution in [1.82, 2.24) is 15.5 Å². The van der Waals surface area contributed by atoms with Crippen LogP contribution in [0.25, 0.3) is 0 Å². The first-order chi connectivity index (χ1) is 18.1. The van der Waals surface area contributed by atoms with E-state index < -0.39 is 48.2 Å². The number of aliphatic hydroxyl groups is 1. The van der Waals surface area contributed by atoms with Crippen LogP contribution in [0.5, 0.6) is 5.75 Å². The third-order valence-electron chi connectivity index (χ3n) is 6.45. The van der Waals surface area contributed by atoms with Crippen molar-refractivity contribution >= 4 is 46.2 Å². The van der Waals surface area contributed by atoms with Gasteiger partial charge in [-0.15, -0.1) is 0 Å². The minimum absolute atomic E-state index is 0.0130. The first-order valence-corrected chi connectivity index (χ1v) is 13.4. The van der Waals surface area contributed by atoms with Crippen LogP contribution < -0.4 is 15.4 Å². The molecule has 1 heterocycles. The summed E-state index contributed by atoms with van der Waals surface area (Å²) in [5.41, 5.74) is 2.58. The molecule has 2 aromatic rings. The zero-order valence-corrected chi connectivity index (χ0v) is 23.4. The summed E-state index contributed by atoms with van der Waals surface area (Å²) in [5, 5.41) is 25.0. The molecule has 2 amide bonds. The highest BCUT2D eigenvalue weighted by atomic mass is 127. The molecule has 0 aromatic heterocycles. The molecular weight excluding hydrogens is 605 g/mol.